The van der Waals surface area contributed by atoms with Crippen molar-refractivity contribution in [1.29, 1.82) is 0 Å². The summed E-state index contributed by atoms with van der Waals surface area (Å²) < 4.78 is 55.5. The number of hydrogen-bond donors (Lipinski definition) is 1. The monoisotopic (exact) mass is 647 g/mol. The molecule has 0 aromatic heterocycles. The van der Waals surface area contributed by atoms with Crippen molar-refractivity contribution in [1.82, 2.24) is 10.2 Å². The Hall–Kier alpha value is -4.90. The van der Waals surface area contributed by atoms with Crippen molar-refractivity contribution in [2.75, 3.05) is 31.6 Å². The van der Waals surface area contributed by atoms with Crippen molar-refractivity contribution in [3.05, 3.63) is 120 Å². The lowest BCUT2D eigenvalue weighted by Crippen LogP contribution is -2.53. The van der Waals surface area contributed by atoms with Crippen LogP contribution in [-0.4, -0.2) is 58.5 Å². The van der Waals surface area contributed by atoms with Crippen LogP contribution in [0.15, 0.2) is 102 Å². The molecule has 0 spiro atoms. The van der Waals surface area contributed by atoms with Gasteiger partial charge in [0.1, 0.15) is 29.9 Å². The Balaban J connectivity index is 1.87. The van der Waals surface area contributed by atoms with E-state index in [-0.39, 0.29) is 34.9 Å². The van der Waals surface area contributed by atoms with E-state index in [1.165, 1.54) is 55.5 Å². The van der Waals surface area contributed by atoms with Crippen molar-refractivity contribution in [2.45, 2.75) is 37.8 Å². The van der Waals surface area contributed by atoms with Crippen molar-refractivity contribution in [3.8, 4) is 11.5 Å². The number of benzene rings is 4. The zero-order valence-corrected chi connectivity index (χ0v) is 27.1. The van der Waals surface area contributed by atoms with E-state index in [9.17, 15) is 18.0 Å². The Labute approximate surface area is 269 Å². The number of rotatable bonds is 14. The fourth-order valence-corrected chi connectivity index (χ4v) is 6.42. The summed E-state index contributed by atoms with van der Waals surface area (Å²) in [5.41, 5.74) is 1.84. The molecule has 0 saturated heterocycles. The van der Waals surface area contributed by atoms with Gasteiger partial charge in [-0.05, 0) is 49.7 Å². The van der Waals surface area contributed by atoms with Gasteiger partial charge in [-0.3, -0.25) is 13.9 Å². The molecule has 2 amide bonds. The highest BCUT2D eigenvalue weighted by atomic mass is 32.2. The summed E-state index contributed by atoms with van der Waals surface area (Å²) in [4.78, 5) is 29.3. The number of likely N-dealkylation sites (N-methyl/N-ethyl adjacent to an activating group) is 1. The molecule has 1 N–H and O–H groups in total. The van der Waals surface area contributed by atoms with Crippen molar-refractivity contribution >= 4 is 27.5 Å². The number of aryl methyl sites for hydroxylation is 1. The molecule has 0 unspecified atom stereocenters. The van der Waals surface area contributed by atoms with E-state index in [1.54, 1.807) is 37.3 Å². The summed E-state index contributed by atoms with van der Waals surface area (Å²) in [6.07, 6.45) is 0.111. The van der Waals surface area contributed by atoms with Gasteiger partial charge >= 0.3 is 0 Å². The molecule has 1 atom stereocenters. The zero-order valence-electron chi connectivity index (χ0n) is 26.3. The van der Waals surface area contributed by atoms with Crippen LogP contribution in [0.5, 0.6) is 11.5 Å². The maximum Gasteiger partial charge on any atom is 0.264 e. The van der Waals surface area contributed by atoms with Crippen LogP contribution in [0.1, 0.15) is 23.6 Å². The van der Waals surface area contributed by atoms with E-state index in [0.29, 0.717) is 12.3 Å². The van der Waals surface area contributed by atoms with Crippen LogP contribution in [-0.2, 0) is 32.6 Å². The third-order valence-electron chi connectivity index (χ3n) is 7.46. The van der Waals surface area contributed by atoms with Gasteiger partial charge in [0.2, 0.25) is 11.8 Å². The number of carbonyl (C=O) groups is 2. The van der Waals surface area contributed by atoms with Crippen LogP contribution >= 0.6 is 0 Å². The van der Waals surface area contributed by atoms with Crippen LogP contribution in [0, 0.1) is 12.7 Å². The van der Waals surface area contributed by atoms with Gasteiger partial charge in [0.05, 0.1) is 24.8 Å². The van der Waals surface area contributed by atoms with Crippen LogP contribution in [0.2, 0.25) is 0 Å². The largest absolute Gasteiger partial charge is 0.497 e. The number of carbonyl (C=O) groups excluding carboxylic acids is 2. The number of amides is 2. The molecule has 4 aromatic rings. The summed E-state index contributed by atoms with van der Waals surface area (Å²) in [7, 11) is -1.55. The summed E-state index contributed by atoms with van der Waals surface area (Å²) in [5, 5.41) is 2.79. The van der Waals surface area contributed by atoms with Gasteiger partial charge in [0, 0.05) is 31.1 Å². The first-order valence-electron chi connectivity index (χ1n) is 14.7. The van der Waals surface area contributed by atoms with Gasteiger partial charge in [-0.1, -0.05) is 66.2 Å². The van der Waals surface area contributed by atoms with E-state index < -0.39 is 40.2 Å². The SMILES string of the molecule is CCNC(=O)[C@H](Cc1ccccc1)N(Cc1ccccc1F)C(=O)CN(c1cc(OC)ccc1OC)S(=O)(=O)c1ccc(C)cc1. The van der Waals surface area contributed by atoms with E-state index in [0.717, 1.165) is 15.4 Å². The predicted octanol–water partition coefficient (Wildman–Crippen LogP) is 5.12. The summed E-state index contributed by atoms with van der Waals surface area (Å²) in [5.74, 6) is -1.23. The number of nitrogens with one attached hydrogen (secondary N) is 1. The summed E-state index contributed by atoms with van der Waals surface area (Å²) in [6.45, 7) is 2.87. The number of hydrogen-bond acceptors (Lipinski definition) is 6. The minimum absolute atomic E-state index is 0.0546. The Kier molecular flexibility index (Phi) is 11.4. The van der Waals surface area contributed by atoms with Crippen molar-refractivity contribution < 1.29 is 31.9 Å². The smallest absolute Gasteiger partial charge is 0.264 e. The Morgan fingerprint density at radius 3 is 2.20 bits per heavy atom. The quantitative estimate of drug-likeness (QED) is 0.204. The number of sulfonamides is 1. The Morgan fingerprint density at radius 2 is 1.57 bits per heavy atom. The highest BCUT2D eigenvalue weighted by Gasteiger charge is 2.36. The number of anilines is 1. The summed E-state index contributed by atoms with van der Waals surface area (Å²) >= 11 is 0. The van der Waals surface area contributed by atoms with Gasteiger partial charge in [-0.15, -0.1) is 0 Å². The maximum absolute atomic E-state index is 15.0. The second-order valence-electron chi connectivity index (χ2n) is 10.6. The molecule has 0 heterocycles. The molecular formula is C35H38FN3O6S. The lowest BCUT2D eigenvalue weighted by molar-refractivity contribution is -0.140. The zero-order chi connectivity index (χ0) is 33.3. The van der Waals surface area contributed by atoms with Crippen molar-refractivity contribution in [3.63, 3.8) is 0 Å². The first kappa shape index (κ1) is 34.0. The molecule has 0 radical (unpaired) electrons. The average molecular weight is 648 g/mol. The average Bonchev–Trinajstić information content (AvgIpc) is 3.06. The minimum atomic E-state index is -4.38. The maximum atomic E-state index is 15.0. The van der Waals surface area contributed by atoms with Gasteiger partial charge < -0.3 is 19.7 Å². The molecule has 242 valence electrons. The molecule has 46 heavy (non-hydrogen) atoms. The summed E-state index contributed by atoms with van der Waals surface area (Å²) in [6, 6.07) is 24.8. The molecule has 9 nitrogen and oxygen atoms in total. The minimum Gasteiger partial charge on any atom is -0.497 e. The Bertz CT molecular complexity index is 1750. The fourth-order valence-electron chi connectivity index (χ4n) is 5.00. The van der Waals surface area contributed by atoms with E-state index >= 15 is 4.39 Å². The first-order chi connectivity index (χ1) is 22.1. The van der Waals surface area contributed by atoms with Gasteiger partial charge in [0.15, 0.2) is 0 Å². The van der Waals surface area contributed by atoms with Crippen LogP contribution in [0.4, 0.5) is 10.1 Å². The molecule has 4 rings (SSSR count). The topological polar surface area (TPSA) is 105 Å². The second kappa shape index (κ2) is 15.4. The van der Waals surface area contributed by atoms with Crippen molar-refractivity contribution in [2.24, 2.45) is 0 Å². The van der Waals surface area contributed by atoms with Crippen LogP contribution < -0.4 is 19.1 Å². The molecular weight excluding hydrogens is 609 g/mol. The van der Waals surface area contributed by atoms with E-state index in [4.69, 9.17) is 9.47 Å². The first-order valence-corrected chi connectivity index (χ1v) is 16.2. The number of methoxy groups -OCH3 is 2. The molecule has 0 bridgehead atoms. The molecule has 0 aliphatic heterocycles. The number of nitrogens with zero attached hydrogens (tertiary/aromatic N) is 2. The fraction of sp³-hybridized carbons (Fsp3) is 0.257. The lowest BCUT2D eigenvalue weighted by atomic mass is 10.0. The highest BCUT2D eigenvalue weighted by molar-refractivity contribution is 7.92. The molecule has 0 aliphatic carbocycles. The highest BCUT2D eigenvalue weighted by Crippen LogP contribution is 2.36. The molecule has 0 saturated carbocycles. The molecule has 11 heteroatoms. The van der Waals surface area contributed by atoms with Gasteiger partial charge in [-0.2, -0.15) is 0 Å². The third kappa shape index (κ3) is 8.02. The number of ether oxygens (including phenoxy) is 2. The normalized spacial score (nSPS) is 11.8. The predicted molar refractivity (Wildman–Crippen MR) is 175 cm³/mol. The number of halogens is 1. The standard InChI is InChI=1S/C35H38FN3O6S/c1-5-37-35(41)32(21-26-11-7-6-8-12-26)38(23-27-13-9-10-14-30(27)36)34(40)24-39(31-22-28(44-3)17-20-33(31)45-4)46(42,43)29-18-15-25(2)16-19-29/h6-20,22,32H,5,21,23-24H2,1-4H3,(H,37,41)/t32-/m0/s1. The van der Waals surface area contributed by atoms with E-state index in [1.807, 2.05) is 37.3 Å². The van der Waals surface area contributed by atoms with Gasteiger partial charge in [0.25, 0.3) is 10.0 Å². The Morgan fingerprint density at radius 1 is 0.891 bits per heavy atom. The molecule has 0 fully saturated rings. The van der Waals surface area contributed by atoms with Crippen LogP contribution in [0.25, 0.3) is 0 Å². The van der Waals surface area contributed by atoms with E-state index in [2.05, 4.69) is 5.32 Å². The van der Waals surface area contributed by atoms with Crippen LogP contribution in [0.3, 0.4) is 0 Å². The second-order valence-corrected chi connectivity index (χ2v) is 12.4. The van der Waals surface area contributed by atoms with Gasteiger partial charge in [-0.25, -0.2) is 12.8 Å². The molecule has 4 aromatic carbocycles. The third-order valence-corrected chi connectivity index (χ3v) is 9.24. The lowest BCUT2D eigenvalue weighted by Gasteiger charge is -2.34. The molecule has 0 aliphatic rings.